The molecule has 0 aromatic heterocycles. The Balaban J connectivity index is 2.26. The smallest absolute Gasteiger partial charge is 0.257 e. The first-order valence-electron chi connectivity index (χ1n) is 6.28. The SMILES string of the molecule is CCC1COCCN1C(=O)c1cc(C)ccc1F. The largest absolute Gasteiger partial charge is 0.377 e. The van der Waals surface area contributed by atoms with Crippen LogP contribution in [0, 0.1) is 12.7 Å². The van der Waals surface area contributed by atoms with Crippen molar-refractivity contribution in [1.82, 2.24) is 4.90 Å². The normalized spacial score (nSPS) is 19.9. The first-order chi connectivity index (χ1) is 8.63. The highest BCUT2D eigenvalue weighted by Crippen LogP contribution is 2.18. The van der Waals surface area contributed by atoms with E-state index in [1.165, 1.54) is 6.07 Å². The summed E-state index contributed by atoms with van der Waals surface area (Å²) in [5.74, 6) is -0.682. The average molecular weight is 251 g/mol. The third-order valence-corrected chi connectivity index (χ3v) is 3.31. The van der Waals surface area contributed by atoms with Gasteiger partial charge in [0.25, 0.3) is 5.91 Å². The number of hydrogen-bond donors (Lipinski definition) is 0. The highest BCUT2D eigenvalue weighted by atomic mass is 19.1. The molecule has 1 aromatic carbocycles. The number of rotatable bonds is 2. The lowest BCUT2D eigenvalue weighted by Gasteiger charge is -2.35. The van der Waals surface area contributed by atoms with Crippen LogP contribution in [0.3, 0.4) is 0 Å². The molecule has 1 fully saturated rings. The Bertz CT molecular complexity index is 447. The Labute approximate surface area is 107 Å². The van der Waals surface area contributed by atoms with Crippen LogP contribution in [0.5, 0.6) is 0 Å². The molecule has 1 unspecified atom stereocenters. The van der Waals surface area contributed by atoms with Crippen LogP contribution in [0.25, 0.3) is 0 Å². The van der Waals surface area contributed by atoms with Gasteiger partial charge in [0, 0.05) is 6.54 Å². The van der Waals surface area contributed by atoms with Crippen molar-refractivity contribution >= 4 is 5.91 Å². The van der Waals surface area contributed by atoms with E-state index < -0.39 is 5.82 Å². The minimum atomic E-state index is -0.452. The topological polar surface area (TPSA) is 29.5 Å². The van der Waals surface area contributed by atoms with Crippen molar-refractivity contribution in [1.29, 1.82) is 0 Å². The van der Waals surface area contributed by atoms with E-state index in [-0.39, 0.29) is 17.5 Å². The molecule has 2 rings (SSSR count). The number of carbonyl (C=O) groups is 1. The Hall–Kier alpha value is -1.42. The molecular formula is C14H18FNO2. The fourth-order valence-electron chi connectivity index (χ4n) is 2.22. The maximum Gasteiger partial charge on any atom is 0.257 e. The van der Waals surface area contributed by atoms with Crippen LogP contribution in [-0.4, -0.2) is 36.6 Å². The molecule has 1 aliphatic rings. The number of halogens is 1. The van der Waals surface area contributed by atoms with Gasteiger partial charge >= 0.3 is 0 Å². The van der Waals surface area contributed by atoms with Crippen molar-refractivity contribution in [3.8, 4) is 0 Å². The summed E-state index contributed by atoms with van der Waals surface area (Å²) >= 11 is 0. The summed E-state index contributed by atoms with van der Waals surface area (Å²) in [6.07, 6.45) is 0.819. The van der Waals surface area contributed by atoms with E-state index in [0.29, 0.717) is 19.8 Å². The van der Waals surface area contributed by atoms with Gasteiger partial charge in [-0.15, -0.1) is 0 Å². The van der Waals surface area contributed by atoms with Gasteiger partial charge in [0.15, 0.2) is 0 Å². The average Bonchev–Trinajstić information content (AvgIpc) is 2.40. The zero-order chi connectivity index (χ0) is 13.1. The lowest BCUT2D eigenvalue weighted by molar-refractivity contribution is -0.00303. The minimum Gasteiger partial charge on any atom is -0.377 e. The van der Waals surface area contributed by atoms with Crippen molar-refractivity contribution in [2.24, 2.45) is 0 Å². The molecule has 1 amide bonds. The summed E-state index contributed by atoms with van der Waals surface area (Å²) in [7, 11) is 0. The zero-order valence-electron chi connectivity index (χ0n) is 10.8. The molecule has 0 saturated carbocycles. The van der Waals surface area contributed by atoms with Gasteiger partial charge in [-0.2, -0.15) is 0 Å². The zero-order valence-corrected chi connectivity index (χ0v) is 10.8. The molecule has 1 heterocycles. The predicted molar refractivity (Wildman–Crippen MR) is 67.1 cm³/mol. The molecule has 18 heavy (non-hydrogen) atoms. The minimum absolute atomic E-state index is 0.0474. The fraction of sp³-hybridized carbons (Fsp3) is 0.500. The van der Waals surface area contributed by atoms with Crippen LogP contribution in [0.2, 0.25) is 0 Å². The van der Waals surface area contributed by atoms with E-state index >= 15 is 0 Å². The summed E-state index contributed by atoms with van der Waals surface area (Å²) in [5, 5.41) is 0. The van der Waals surface area contributed by atoms with Crippen LogP contribution >= 0.6 is 0 Å². The highest BCUT2D eigenvalue weighted by Gasteiger charge is 2.28. The molecule has 0 spiro atoms. The maximum atomic E-state index is 13.7. The Morgan fingerprint density at radius 1 is 1.56 bits per heavy atom. The number of aryl methyl sites for hydroxylation is 1. The number of nitrogens with zero attached hydrogens (tertiary/aromatic N) is 1. The summed E-state index contributed by atoms with van der Waals surface area (Å²) in [4.78, 5) is 14.1. The van der Waals surface area contributed by atoms with Crippen molar-refractivity contribution < 1.29 is 13.9 Å². The second-order valence-electron chi connectivity index (χ2n) is 4.62. The number of ether oxygens (including phenoxy) is 1. The van der Waals surface area contributed by atoms with E-state index in [2.05, 4.69) is 0 Å². The number of carbonyl (C=O) groups excluding carboxylic acids is 1. The standard InChI is InChI=1S/C14H18FNO2/c1-3-11-9-18-7-6-16(11)14(17)12-8-10(2)4-5-13(12)15/h4-5,8,11H,3,6-7,9H2,1-2H3. The quantitative estimate of drug-likeness (QED) is 0.807. The molecule has 1 aromatic rings. The molecular weight excluding hydrogens is 233 g/mol. The molecule has 0 aliphatic carbocycles. The van der Waals surface area contributed by atoms with Crippen LogP contribution in [0.4, 0.5) is 4.39 Å². The van der Waals surface area contributed by atoms with Gasteiger partial charge in [0.1, 0.15) is 5.82 Å². The molecule has 0 N–H and O–H groups in total. The number of hydrogen-bond acceptors (Lipinski definition) is 2. The Morgan fingerprint density at radius 3 is 3.06 bits per heavy atom. The van der Waals surface area contributed by atoms with Crippen LogP contribution in [0.15, 0.2) is 18.2 Å². The van der Waals surface area contributed by atoms with Gasteiger partial charge in [0.05, 0.1) is 24.8 Å². The van der Waals surface area contributed by atoms with Crippen LogP contribution in [0.1, 0.15) is 29.3 Å². The van der Waals surface area contributed by atoms with E-state index in [1.807, 2.05) is 13.8 Å². The summed E-state index contributed by atoms with van der Waals surface area (Å²) in [5.41, 5.74) is 1.05. The molecule has 1 aliphatic heterocycles. The molecule has 4 heteroatoms. The van der Waals surface area contributed by atoms with Gasteiger partial charge in [-0.3, -0.25) is 4.79 Å². The van der Waals surface area contributed by atoms with E-state index in [1.54, 1.807) is 17.0 Å². The third-order valence-electron chi connectivity index (χ3n) is 3.31. The van der Waals surface area contributed by atoms with Crippen molar-refractivity contribution in [2.75, 3.05) is 19.8 Å². The lowest BCUT2D eigenvalue weighted by Crippen LogP contribution is -2.48. The van der Waals surface area contributed by atoms with Crippen molar-refractivity contribution in [3.05, 3.63) is 35.1 Å². The number of amides is 1. The third kappa shape index (κ3) is 2.53. The summed E-state index contributed by atoms with van der Waals surface area (Å²) in [6.45, 7) is 5.45. The summed E-state index contributed by atoms with van der Waals surface area (Å²) in [6, 6.07) is 4.68. The lowest BCUT2D eigenvalue weighted by atomic mass is 10.1. The van der Waals surface area contributed by atoms with E-state index in [9.17, 15) is 9.18 Å². The fourth-order valence-corrected chi connectivity index (χ4v) is 2.22. The molecule has 0 radical (unpaired) electrons. The Morgan fingerprint density at radius 2 is 2.33 bits per heavy atom. The van der Waals surface area contributed by atoms with Crippen molar-refractivity contribution in [3.63, 3.8) is 0 Å². The van der Waals surface area contributed by atoms with Gasteiger partial charge in [-0.25, -0.2) is 4.39 Å². The Kier molecular flexibility index (Phi) is 3.97. The van der Waals surface area contributed by atoms with Crippen LogP contribution < -0.4 is 0 Å². The van der Waals surface area contributed by atoms with E-state index in [0.717, 1.165) is 12.0 Å². The molecule has 1 saturated heterocycles. The van der Waals surface area contributed by atoms with Crippen LogP contribution in [-0.2, 0) is 4.74 Å². The van der Waals surface area contributed by atoms with Gasteiger partial charge in [-0.1, -0.05) is 18.6 Å². The van der Waals surface area contributed by atoms with Gasteiger partial charge in [0.2, 0.25) is 0 Å². The van der Waals surface area contributed by atoms with E-state index in [4.69, 9.17) is 4.74 Å². The first-order valence-corrected chi connectivity index (χ1v) is 6.28. The van der Waals surface area contributed by atoms with Gasteiger partial charge < -0.3 is 9.64 Å². The maximum absolute atomic E-state index is 13.7. The second kappa shape index (κ2) is 5.48. The molecule has 0 bridgehead atoms. The van der Waals surface area contributed by atoms with Crippen molar-refractivity contribution in [2.45, 2.75) is 26.3 Å². The number of morpholine rings is 1. The second-order valence-corrected chi connectivity index (χ2v) is 4.62. The molecule has 1 atom stereocenters. The van der Waals surface area contributed by atoms with Gasteiger partial charge in [-0.05, 0) is 25.5 Å². The summed E-state index contributed by atoms with van der Waals surface area (Å²) < 4.78 is 19.1. The number of benzene rings is 1. The monoisotopic (exact) mass is 251 g/mol. The molecule has 98 valence electrons. The predicted octanol–water partition coefficient (Wildman–Crippen LogP) is 2.39. The molecule has 3 nitrogen and oxygen atoms in total. The first kappa shape index (κ1) is 13.0. The highest BCUT2D eigenvalue weighted by molar-refractivity contribution is 5.95.